The van der Waals surface area contributed by atoms with Crippen molar-refractivity contribution in [1.29, 1.82) is 5.26 Å². The van der Waals surface area contributed by atoms with E-state index >= 15 is 0 Å². The van der Waals surface area contributed by atoms with Crippen molar-refractivity contribution in [3.63, 3.8) is 0 Å². The fourth-order valence-corrected chi connectivity index (χ4v) is 7.54. The van der Waals surface area contributed by atoms with E-state index in [0.717, 1.165) is 55.9 Å². The molecule has 58 heavy (non-hydrogen) atoms. The van der Waals surface area contributed by atoms with Crippen LogP contribution in [0.5, 0.6) is 11.5 Å². The van der Waals surface area contributed by atoms with Crippen molar-refractivity contribution < 1.29 is 25.8 Å². The topological polar surface area (TPSA) is 57.3 Å². The predicted octanol–water partition coefficient (Wildman–Crippen LogP) is 13.1. The fourth-order valence-electron chi connectivity index (χ4n) is 7.54. The summed E-state index contributed by atoms with van der Waals surface area (Å²) in [5.74, 6) is 1.89. The molecule has 6 nitrogen and oxygen atoms in total. The molecule has 1 aliphatic heterocycles. The molecule has 0 saturated heterocycles. The maximum absolute atomic E-state index is 9.75. The number of nitrogens with zero attached hydrogens (tertiary/aromatic N) is 5. The normalized spacial score (nSPS) is 12.7. The molecule has 290 valence electrons. The van der Waals surface area contributed by atoms with Gasteiger partial charge in [0.2, 0.25) is 0 Å². The van der Waals surface area contributed by atoms with Crippen LogP contribution in [0.3, 0.4) is 0 Å². The van der Waals surface area contributed by atoms with Crippen molar-refractivity contribution >= 4 is 44.6 Å². The Morgan fingerprint density at radius 2 is 1.40 bits per heavy atom. The monoisotopic (exact) mass is 935 g/mol. The first-order valence-electron chi connectivity index (χ1n) is 19.3. The Balaban J connectivity index is 0.00000469. The summed E-state index contributed by atoms with van der Waals surface area (Å²) in [7, 11) is 0. The molecule has 0 unspecified atom stereocenters. The zero-order chi connectivity index (χ0) is 39.5. The maximum atomic E-state index is 9.75. The average Bonchev–Trinajstić information content (AvgIpc) is 3.76. The van der Waals surface area contributed by atoms with E-state index in [9.17, 15) is 5.26 Å². The van der Waals surface area contributed by atoms with E-state index < -0.39 is 0 Å². The second-order valence-corrected chi connectivity index (χ2v) is 16.6. The summed E-state index contributed by atoms with van der Waals surface area (Å²) >= 11 is 0. The number of hydrogen-bond acceptors (Lipinski definition) is 5. The molecular weight excluding hydrogens is 894 g/mol. The largest absolute Gasteiger partial charge is 0.509 e. The molecule has 0 aliphatic carbocycles. The third kappa shape index (κ3) is 7.16. The van der Waals surface area contributed by atoms with Gasteiger partial charge in [0, 0.05) is 61.3 Å². The van der Waals surface area contributed by atoms with Gasteiger partial charge in [-0.1, -0.05) is 95.6 Å². The number of hydrogen-bond donors (Lipinski definition) is 0. The Labute approximate surface area is 355 Å². The predicted molar refractivity (Wildman–Crippen MR) is 232 cm³/mol. The molecule has 0 N–H and O–H groups in total. The number of ether oxygens (including phenoxy) is 1. The van der Waals surface area contributed by atoms with E-state index in [1.807, 2.05) is 54.7 Å². The maximum Gasteiger partial charge on any atom is 0.135 e. The van der Waals surface area contributed by atoms with Crippen LogP contribution in [0, 0.1) is 30.1 Å². The molecule has 6 aromatic carbocycles. The Hall–Kier alpha value is -6.15. The van der Waals surface area contributed by atoms with Crippen LogP contribution < -0.4 is 14.5 Å². The summed E-state index contributed by atoms with van der Waals surface area (Å²) in [6, 6.07) is 55.2. The minimum atomic E-state index is -0.0613. The summed E-state index contributed by atoms with van der Waals surface area (Å²) in [4.78, 5) is 9.25. The molecule has 0 spiro atoms. The molecule has 1 aliphatic rings. The van der Waals surface area contributed by atoms with Crippen LogP contribution in [0.4, 0.5) is 22.7 Å². The third-order valence-electron chi connectivity index (χ3n) is 10.7. The van der Waals surface area contributed by atoms with Crippen molar-refractivity contribution in [1.82, 2.24) is 9.55 Å². The van der Waals surface area contributed by atoms with E-state index in [4.69, 9.17) is 9.72 Å². The molecule has 3 heterocycles. The van der Waals surface area contributed by atoms with Gasteiger partial charge in [0.05, 0.1) is 11.6 Å². The van der Waals surface area contributed by atoms with Crippen molar-refractivity contribution in [2.75, 3.05) is 9.80 Å². The molecular formula is C51H42N5OPt-3. The molecule has 0 saturated carbocycles. The molecule has 8 aromatic rings. The molecule has 2 aromatic heterocycles. The van der Waals surface area contributed by atoms with E-state index in [1.54, 1.807) is 0 Å². The number of nitriles is 1. The molecule has 9 rings (SSSR count). The molecule has 0 bridgehead atoms. The summed E-state index contributed by atoms with van der Waals surface area (Å²) in [5.41, 5.74) is 11.1. The minimum absolute atomic E-state index is 0. The van der Waals surface area contributed by atoms with Gasteiger partial charge < -0.3 is 19.1 Å². The van der Waals surface area contributed by atoms with Crippen LogP contribution >= 0.6 is 0 Å². The van der Waals surface area contributed by atoms with Gasteiger partial charge in [-0.05, 0) is 93.1 Å². The average molecular weight is 936 g/mol. The summed E-state index contributed by atoms with van der Waals surface area (Å²) in [5, 5.41) is 11.7. The Kier molecular flexibility index (Phi) is 10.00. The summed E-state index contributed by atoms with van der Waals surface area (Å²) < 4.78 is 8.68. The third-order valence-corrected chi connectivity index (χ3v) is 10.7. The molecule has 0 amide bonds. The van der Waals surface area contributed by atoms with Gasteiger partial charge in [-0.15, -0.1) is 48.1 Å². The van der Waals surface area contributed by atoms with Crippen LogP contribution in [0.2, 0.25) is 0 Å². The van der Waals surface area contributed by atoms with Crippen LogP contribution in [0.25, 0.3) is 38.8 Å². The van der Waals surface area contributed by atoms with E-state index in [0.29, 0.717) is 17.1 Å². The Bertz CT molecular complexity index is 2860. The van der Waals surface area contributed by atoms with E-state index in [-0.39, 0.29) is 31.9 Å². The SMILES string of the molecule is CC(C)(C)c1cccc(N2[CH-]N(c3[c-]c(Oc4[c-]c5c(cc4)c4cc(C#N)ccc4n5-c4cc(C(C)(C)C)ccn4)ccc3)c3ccc(-c4ccccc4)cc32)c1.[Pt]. The number of benzene rings is 6. The molecule has 0 atom stereocenters. The first-order valence-corrected chi connectivity index (χ1v) is 19.3. The van der Waals surface area contributed by atoms with Crippen LogP contribution in [-0.4, -0.2) is 9.55 Å². The van der Waals surface area contributed by atoms with Gasteiger partial charge in [-0.3, -0.25) is 0 Å². The van der Waals surface area contributed by atoms with Crippen molar-refractivity contribution in [3.8, 4) is 34.5 Å². The van der Waals surface area contributed by atoms with Gasteiger partial charge in [-0.2, -0.15) is 17.4 Å². The molecule has 7 heteroatoms. The van der Waals surface area contributed by atoms with Crippen LogP contribution in [0.15, 0.2) is 140 Å². The minimum Gasteiger partial charge on any atom is -0.509 e. The summed E-state index contributed by atoms with van der Waals surface area (Å²) in [6.07, 6.45) is 1.86. The van der Waals surface area contributed by atoms with Gasteiger partial charge in [0.1, 0.15) is 5.82 Å². The van der Waals surface area contributed by atoms with Gasteiger partial charge in [0.15, 0.2) is 0 Å². The van der Waals surface area contributed by atoms with E-state index in [1.165, 1.54) is 16.7 Å². The van der Waals surface area contributed by atoms with Crippen molar-refractivity contribution in [3.05, 3.63) is 175 Å². The first kappa shape index (κ1) is 38.7. The molecule has 0 fully saturated rings. The number of aromatic nitrogens is 2. The Morgan fingerprint density at radius 1 is 0.638 bits per heavy atom. The number of pyridine rings is 1. The fraction of sp³-hybridized carbons (Fsp3) is 0.157. The number of rotatable bonds is 6. The first-order chi connectivity index (χ1) is 27.4. The van der Waals surface area contributed by atoms with Gasteiger partial charge in [-0.25, -0.2) is 4.98 Å². The van der Waals surface area contributed by atoms with E-state index in [2.05, 4.69) is 166 Å². The van der Waals surface area contributed by atoms with Crippen molar-refractivity contribution in [2.45, 2.75) is 52.4 Å². The quantitative estimate of drug-likeness (QED) is 0.156. The molecule has 0 radical (unpaired) electrons. The van der Waals surface area contributed by atoms with Gasteiger partial charge in [0.25, 0.3) is 0 Å². The zero-order valence-corrected chi connectivity index (χ0v) is 35.6. The second kappa shape index (κ2) is 15.0. The number of anilines is 4. The van der Waals surface area contributed by atoms with Crippen molar-refractivity contribution in [2.24, 2.45) is 0 Å². The number of fused-ring (bicyclic) bond motifs is 4. The second-order valence-electron chi connectivity index (χ2n) is 16.6. The smallest absolute Gasteiger partial charge is 0.135 e. The summed E-state index contributed by atoms with van der Waals surface area (Å²) in [6.45, 7) is 15.5. The van der Waals surface area contributed by atoms with Crippen LogP contribution in [-0.2, 0) is 31.9 Å². The zero-order valence-electron chi connectivity index (χ0n) is 33.3. The standard InChI is InChI=1S/C51H42N5O.Pt/c1-50(2,3)37-14-10-15-39(28-37)55-33-54(46-23-19-36(27-48(46)55)35-12-8-7-9-13-35)40-16-11-17-41(30-40)57-42-20-21-43-44-26-34(32-52)18-22-45(44)56(47(43)31-42)49-29-38(24-25-53-49)51(4,5)6;/h7-29,33H,1-6H3;/q-3;. The van der Waals surface area contributed by atoms with Crippen LogP contribution in [0.1, 0.15) is 58.2 Å². The van der Waals surface area contributed by atoms with Gasteiger partial charge >= 0.3 is 0 Å². The Morgan fingerprint density at radius 3 is 2.17 bits per heavy atom.